The second-order valence-electron chi connectivity index (χ2n) is 13.0. The van der Waals surface area contributed by atoms with Crippen molar-refractivity contribution in [2.45, 2.75) is 77.9 Å². The van der Waals surface area contributed by atoms with E-state index in [2.05, 4.69) is 42.9 Å². The lowest BCUT2D eigenvalue weighted by Crippen LogP contribution is -2.23. The van der Waals surface area contributed by atoms with E-state index in [9.17, 15) is 4.79 Å². The quantitative estimate of drug-likeness (QED) is 0.0485. The third kappa shape index (κ3) is 9.71. The second kappa shape index (κ2) is 16.5. The van der Waals surface area contributed by atoms with Crippen LogP contribution in [0, 0.1) is 17.2 Å². The highest BCUT2D eigenvalue weighted by Crippen LogP contribution is 2.46. The van der Waals surface area contributed by atoms with Gasteiger partial charge in [0.2, 0.25) is 0 Å². The molecule has 8 nitrogen and oxygen atoms in total. The number of benzene rings is 3. The first-order chi connectivity index (χ1) is 22.1. The molecule has 3 aromatic carbocycles. The van der Waals surface area contributed by atoms with Gasteiger partial charge < -0.3 is 18.9 Å². The van der Waals surface area contributed by atoms with E-state index < -0.39 is 0 Å². The smallest absolute Gasteiger partial charge is 0.306 e. The minimum absolute atomic E-state index is 0.114. The van der Waals surface area contributed by atoms with Crippen molar-refractivity contribution >= 4 is 5.97 Å². The Labute approximate surface area is 271 Å². The molecule has 0 saturated heterocycles. The highest BCUT2D eigenvalue weighted by atomic mass is 19.1. The van der Waals surface area contributed by atoms with Crippen molar-refractivity contribution in [1.82, 2.24) is 0 Å². The molecule has 9 heteroatoms. The Balaban J connectivity index is 1.61. The van der Waals surface area contributed by atoms with Gasteiger partial charge in [0.15, 0.2) is 0 Å². The number of hydrogen-bond donors (Lipinski definition) is 0. The summed E-state index contributed by atoms with van der Waals surface area (Å²) in [7, 11) is 3.00. The molecule has 0 heterocycles. The lowest BCUT2D eigenvalue weighted by molar-refractivity contribution is -0.141. The molecule has 1 aliphatic rings. The van der Waals surface area contributed by atoms with Crippen LogP contribution in [0.25, 0.3) is 21.6 Å². The van der Waals surface area contributed by atoms with Gasteiger partial charge in [-0.25, -0.2) is 4.39 Å². The number of rotatable bonds is 17. The molecule has 2 unspecified atom stereocenters. The number of carbonyl (C=O) groups is 1. The zero-order valence-corrected chi connectivity index (χ0v) is 27.6. The molecule has 46 heavy (non-hydrogen) atoms. The molecule has 3 aromatic rings. The van der Waals surface area contributed by atoms with Gasteiger partial charge in [0.05, 0.1) is 26.7 Å². The Morgan fingerprint density at radius 3 is 2.50 bits per heavy atom. The predicted molar refractivity (Wildman–Crippen MR) is 177 cm³/mol. The van der Waals surface area contributed by atoms with Gasteiger partial charge in [-0.15, -0.1) is 0 Å². The standard InChI is InChI=1S/C37H46FN3O5/c1-37(2,3)36(45-19-8-6-7-18-40-41-39)33-20-25(12-16-30(33)32-22-28(43-4)15-17-34(32)38)24-46-29-11-9-10-27(21-29)31(26-13-14-26)23-35(42)44-5/h9-12,15-17,20-22,26,31,36H,6-8,13-14,18-19,23-24H2,1-5H3. The SMILES string of the molecule is COC(=O)CC(c1cccc(OCc2ccc(-c3cc(OC)ccc3F)c(C(OCCCCCN=[N+]=[N-])C(C)(C)C)c2)c1)C1CC1. The molecule has 0 aromatic heterocycles. The zero-order chi connectivity index (χ0) is 33.1. The fourth-order valence-electron chi connectivity index (χ4n) is 5.84. The maximum atomic E-state index is 15.3. The number of carbonyl (C=O) groups excluding carboxylic acids is 1. The van der Waals surface area contributed by atoms with Crippen LogP contribution in [0.2, 0.25) is 0 Å². The van der Waals surface area contributed by atoms with Crippen LogP contribution in [0.5, 0.6) is 11.5 Å². The lowest BCUT2D eigenvalue weighted by Gasteiger charge is -2.33. The van der Waals surface area contributed by atoms with Gasteiger partial charge >= 0.3 is 5.97 Å². The van der Waals surface area contributed by atoms with Crippen LogP contribution in [0.1, 0.15) is 88.0 Å². The van der Waals surface area contributed by atoms with E-state index >= 15 is 4.39 Å². The topological polar surface area (TPSA) is 103 Å². The van der Waals surface area contributed by atoms with Crippen LogP contribution >= 0.6 is 0 Å². The van der Waals surface area contributed by atoms with Gasteiger partial charge in [-0.3, -0.25) is 4.79 Å². The maximum Gasteiger partial charge on any atom is 0.306 e. The summed E-state index contributed by atoms with van der Waals surface area (Å²) in [6.45, 7) is 7.63. The molecule has 0 aliphatic heterocycles. The van der Waals surface area contributed by atoms with Crippen molar-refractivity contribution in [1.29, 1.82) is 0 Å². The number of hydrogen-bond acceptors (Lipinski definition) is 6. The molecule has 0 spiro atoms. The van der Waals surface area contributed by atoms with Crippen molar-refractivity contribution in [3.8, 4) is 22.6 Å². The minimum Gasteiger partial charge on any atom is -0.497 e. The first-order valence-corrected chi connectivity index (χ1v) is 16.0. The van der Waals surface area contributed by atoms with E-state index in [1.54, 1.807) is 19.2 Å². The van der Waals surface area contributed by atoms with Gasteiger partial charge in [-0.2, -0.15) is 0 Å². The molecule has 246 valence electrons. The number of nitrogens with zero attached hydrogens (tertiary/aromatic N) is 3. The van der Waals surface area contributed by atoms with E-state index in [0.29, 0.717) is 43.4 Å². The summed E-state index contributed by atoms with van der Waals surface area (Å²) in [6, 6.07) is 18.7. The van der Waals surface area contributed by atoms with E-state index in [-0.39, 0.29) is 29.2 Å². The minimum atomic E-state index is -0.342. The number of ether oxygens (including phenoxy) is 4. The van der Waals surface area contributed by atoms with Gasteiger partial charge in [-0.1, -0.05) is 56.6 Å². The summed E-state index contributed by atoms with van der Waals surface area (Å²) in [6.07, 6.45) is 4.73. The fraction of sp³-hybridized carbons (Fsp3) is 0.486. The molecular formula is C37H46FN3O5. The molecule has 2 atom stereocenters. The molecular weight excluding hydrogens is 585 g/mol. The monoisotopic (exact) mass is 631 g/mol. The van der Waals surface area contributed by atoms with Gasteiger partial charge in [-0.05, 0) is 107 Å². The highest BCUT2D eigenvalue weighted by molar-refractivity contribution is 5.71. The van der Waals surface area contributed by atoms with E-state index in [4.69, 9.17) is 24.5 Å². The number of unbranched alkanes of at least 4 members (excludes halogenated alkanes) is 2. The Morgan fingerprint density at radius 1 is 1.00 bits per heavy atom. The fourth-order valence-corrected chi connectivity index (χ4v) is 5.84. The Kier molecular flexibility index (Phi) is 12.5. The largest absolute Gasteiger partial charge is 0.497 e. The van der Waals surface area contributed by atoms with E-state index in [1.165, 1.54) is 13.2 Å². The molecule has 1 saturated carbocycles. The summed E-state index contributed by atoms with van der Waals surface area (Å²) in [5, 5.41) is 3.61. The predicted octanol–water partition coefficient (Wildman–Crippen LogP) is 9.72. The van der Waals surface area contributed by atoms with Crippen LogP contribution < -0.4 is 9.47 Å². The third-order valence-electron chi connectivity index (χ3n) is 8.40. The Bertz CT molecular complexity index is 1510. The van der Waals surface area contributed by atoms with Crippen molar-refractivity contribution < 1.29 is 28.1 Å². The first kappa shape index (κ1) is 34.8. The summed E-state index contributed by atoms with van der Waals surface area (Å²) < 4.78 is 38.6. The van der Waals surface area contributed by atoms with Crippen molar-refractivity contribution in [3.63, 3.8) is 0 Å². The van der Waals surface area contributed by atoms with Gasteiger partial charge in [0, 0.05) is 23.6 Å². The van der Waals surface area contributed by atoms with Crippen molar-refractivity contribution in [3.05, 3.63) is 93.6 Å². The molecule has 0 N–H and O–H groups in total. The van der Waals surface area contributed by atoms with Gasteiger partial charge in [0.25, 0.3) is 0 Å². The average molecular weight is 632 g/mol. The van der Waals surface area contributed by atoms with Crippen LogP contribution in [0.4, 0.5) is 4.39 Å². The lowest BCUT2D eigenvalue weighted by atomic mass is 9.81. The molecule has 0 radical (unpaired) electrons. The normalized spacial score (nSPS) is 14.2. The molecule has 0 amide bonds. The number of methoxy groups -OCH3 is 2. The van der Waals surface area contributed by atoms with Gasteiger partial charge in [0.1, 0.15) is 23.9 Å². The maximum absolute atomic E-state index is 15.3. The third-order valence-corrected chi connectivity index (χ3v) is 8.40. The Morgan fingerprint density at radius 2 is 1.80 bits per heavy atom. The molecule has 0 bridgehead atoms. The van der Waals surface area contributed by atoms with Crippen molar-refractivity contribution in [2.75, 3.05) is 27.4 Å². The van der Waals surface area contributed by atoms with E-state index in [1.807, 2.05) is 30.3 Å². The number of halogens is 1. The zero-order valence-electron chi connectivity index (χ0n) is 27.6. The van der Waals surface area contributed by atoms with Crippen LogP contribution in [0.15, 0.2) is 65.8 Å². The average Bonchev–Trinajstić information content (AvgIpc) is 3.89. The number of esters is 1. The van der Waals surface area contributed by atoms with Crippen molar-refractivity contribution in [2.24, 2.45) is 16.4 Å². The van der Waals surface area contributed by atoms with E-state index in [0.717, 1.165) is 60.1 Å². The second-order valence-corrected chi connectivity index (χ2v) is 13.0. The summed E-state index contributed by atoms with van der Waals surface area (Å²) in [5.74, 6) is 1.35. The molecule has 1 aliphatic carbocycles. The Hall–Kier alpha value is -4.07. The number of azide groups is 1. The van der Waals surface area contributed by atoms with Crippen LogP contribution in [-0.2, 0) is 20.9 Å². The summed E-state index contributed by atoms with van der Waals surface area (Å²) in [5.41, 5.74) is 12.3. The highest BCUT2D eigenvalue weighted by Gasteiger charge is 2.34. The summed E-state index contributed by atoms with van der Waals surface area (Å²) >= 11 is 0. The van der Waals surface area contributed by atoms with Crippen LogP contribution in [-0.4, -0.2) is 33.3 Å². The summed E-state index contributed by atoms with van der Waals surface area (Å²) in [4.78, 5) is 14.9. The molecule has 1 fully saturated rings. The molecule has 4 rings (SSSR count). The van der Waals surface area contributed by atoms with Crippen LogP contribution in [0.3, 0.4) is 0 Å². The first-order valence-electron chi connectivity index (χ1n) is 16.0.